The highest BCUT2D eigenvalue weighted by molar-refractivity contribution is 5.98. The fourth-order valence-electron chi connectivity index (χ4n) is 3.30. The number of para-hydroxylation sites is 1. The van der Waals surface area contributed by atoms with E-state index in [9.17, 15) is 19.5 Å². The number of hydrogen-bond donors (Lipinski definition) is 3. The average Bonchev–Trinajstić information content (AvgIpc) is 3.10. The van der Waals surface area contributed by atoms with Crippen molar-refractivity contribution in [2.45, 2.75) is 6.54 Å². The monoisotopic (exact) mass is 469 g/mol. The number of azo groups is 1. The fourth-order valence-corrected chi connectivity index (χ4v) is 3.30. The number of nitrogens with zero attached hydrogens (tertiary/aromatic N) is 3. The maximum absolute atomic E-state index is 12.5. The number of carbonyl (C=O) groups is 3. The second kappa shape index (κ2) is 10.3. The molecule has 34 heavy (non-hydrogen) atoms. The van der Waals surface area contributed by atoms with Gasteiger partial charge in [-0.25, -0.2) is 0 Å². The molecule has 12 heteroatoms. The minimum atomic E-state index is -0.771. The molecule has 1 heterocycles. The van der Waals surface area contributed by atoms with E-state index in [0.717, 1.165) is 0 Å². The minimum absolute atomic E-state index is 0.00107. The molecular weight excluding hydrogens is 446 g/mol. The van der Waals surface area contributed by atoms with Crippen LogP contribution in [0.2, 0.25) is 0 Å². The van der Waals surface area contributed by atoms with Crippen molar-refractivity contribution in [1.29, 1.82) is 0 Å². The van der Waals surface area contributed by atoms with Crippen LogP contribution in [0.5, 0.6) is 23.1 Å². The SMILES string of the molecule is COc1cc(C(=O)NCC(=O)N=Nc2c(O)n(CC(N)=O)c3ccccc23)cc(OC)c1OC. The number of amides is 3. The molecule has 0 bridgehead atoms. The maximum atomic E-state index is 12.5. The Morgan fingerprint density at radius 3 is 2.29 bits per heavy atom. The summed E-state index contributed by atoms with van der Waals surface area (Å²) in [6, 6.07) is 9.61. The van der Waals surface area contributed by atoms with Gasteiger partial charge in [0, 0.05) is 10.9 Å². The highest BCUT2D eigenvalue weighted by Gasteiger charge is 2.19. The van der Waals surface area contributed by atoms with Crippen molar-refractivity contribution in [3.8, 4) is 23.1 Å². The molecule has 4 N–H and O–H groups in total. The third kappa shape index (κ3) is 4.90. The Kier molecular flexibility index (Phi) is 7.31. The van der Waals surface area contributed by atoms with Gasteiger partial charge < -0.3 is 34.9 Å². The van der Waals surface area contributed by atoms with E-state index >= 15 is 0 Å². The summed E-state index contributed by atoms with van der Waals surface area (Å²) in [6.07, 6.45) is 0. The van der Waals surface area contributed by atoms with Gasteiger partial charge in [-0.1, -0.05) is 18.2 Å². The third-order valence-corrected chi connectivity index (χ3v) is 4.82. The largest absolute Gasteiger partial charge is 0.493 e. The third-order valence-electron chi connectivity index (χ3n) is 4.82. The molecular formula is C22H23N5O7. The molecule has 0 aliphatic heterocycles. The molecule has 3 amide bonds. The van der Waals surface area contributed by atoms with Gasteiger partial charge in [0.25, 0.3) is 11.8 Å². The lowest BCUT2D eigenvalue weighted by molar-refractivity contribution is -0.119. The quantitative estimate of drug-likeness (QED) is 0.402. The van der Waals surface area contributed by atoms with Crippen LogP contribution in [0.1, 0.15) is 10.4 Å². The van der Waals surface area contributed by atoms with Gasteiger partial charge in [-0.3, -0.25) is 14.4 Å². The summed E-state index contributed by atoms with van der Waals surface area (Å²) in [5.41, 5.74) is 5.91. The van der Waals surface area contributed by atoms with Crippen LogP contribution in [-0.4, -0.2) is 55.3 Å². The van der Waals surface area contributed by atoms with Crippen LogP contribution in [0.15, 0.2) is 46.6 Å². The number of benzene rings is 2. The van der Waals surface area contributed by atoms with E-state index < -0.39 is 24.3 Å². The van der Waals surface area contributed by atoms with Gasteiger partial charge in [-0.05, 0) is 18.2 Å². The molecule has 0 unspecified atom stereocenters. The van der Waals surface area contributed by atoms with Gasteiger partial charge in [-0.15, -0.1) is 10.2 Å². The smallest absolute Gasteiger partial charge is 0.283 e. The van der Waals surface area contributed by atoms with Crippen molar-refractivity contribution < 1.29 is 33.7 Å². The van der Waals surface area contributed by atoms with Crippen molar-refractivity contribution >= 4 is 34.3 Å². The number of carbonyl (C=O) groups excluding carboxylic acids is 3. The molecule has 3 rings (SSSR count). The van der Waals surface area contributed by atoms with Crippen molar-refractivity contribution in [1.82, 2.24) is 9.88 Å². The number of nitrogens with two attached hydrogens (primary N) is 1. The summed E-state index contributed by atoms with van der Waals surface area (Å²) in [6.45, 7) is -0.736. The maximum Gasteiger partial charge on any atom is 0.283 e. The van der Waals surface area contributed by atoms with Crippen LogP contribution < -0.4 is 25.3 Å². The summed E-state index contributed by atoms with van der Waals surface area (Å²) in [7, 11) is 4.27. The lowest BCUT2D eigenvalue weighted by atomic mass is 10.1. The van der Waals surface area contributed by atoms with E-state index in [4.69, 9.17) is 19.9 Å². The molecule has 1 aromatic heterocycles. The summed E-state index contributed by atoms with van der Waals surface area (Å²) >= 11 is 0. The highest BCUT2D eigenvalue weighted by atomic mass is 16.5. The molecule has 0 atom stereocenters. The zero-order chi connectivity index (χ0) is 24.8. The zero-order valence-corrected chi connectivity index (χ0v) is 18.7. The molecule has 0 saturated heterocycles. The number of ether oxygens (including phenoxy) is 3. The second-order valence-electron chi connectivity index (χ2n) is 6.93. The lowest BCUT2D eigenvalue weighted by Gasteiger charge is -2.13. The van der Waals surface area contributed by atoms with Crippen LogP contribution in [-0.2, 0) is 16.1 Å². The number of fused-ring (bicyclic) bond motifs is 1. The van der Waals surface area contributed by atoms with E-state index in [-0.39, 0.29) is 35.2 Å². The standard InChI is InChI=1S/C22H23N5O7/c1-32-15-8-12(9-16(33-2)20(15)34-3)21(30)24-10-18(29)25-26-19-13-6-4-5-7-14(13)27(22(19)31)11-17(23)28/h4-9,31H,10-11H2,1-3H3,(H2,23,28)(H,24,30). The topological polar surface area (TPSA) is 167 Å². The average molecular weight is 469 g/mol. The Bertz CT molecular complexity index is 1260. The number of methoxy groups -OCH3 is 3. The summed E-state index contributed by atoms with van der Waals surface area (Å²) < 4.78 is 16.9. The van der Waals surface area contributed by atoms with Gasteiger partial charge in [0.15, 0.2) is 17.2 Å². The first-order valence-corrected chi connectivity index (χ1v) is 9.92. The van der Waals surface area contributed by atoms with E-state index in [1.165, 1.54) is 38.0 Å². The number of aromatic hydroxyl groups is 1. The Labute approximate surface area is 193 Å². The molecule has 0 radical (unpaired) electrons. The van der Waals surface area contributed by atoms with Gasteiger partial charge in [0.05, 0.1) is 26.8 Å². The Balaban J connectivity index is 1.76. The van der Waals surface area contributed by atoms with Crippen molar-refractivity contribution in [3.63, 3.8) is 0 Å². The molecule has 12 nitrogen and oxygen atoms in total. The molecule has 2 aromatic carbocycles. The Morgan fingerprint density at radius 2 is 1.71 bits per heavy atom. The lowest BCUT2D eigenvalue weighted by Crippen LogP contribution is -2.28. The van der Waals surface area contributed by atoms with E-state index in [2.05, 4.69) is 15.5 Å². The minimum Gasteiger partial charge on any atom is -0.493 e. The Morgan fingerprint density at radius 1 is 1.06 bits per heavy atom. The molecule has 3 aromatic rings. The van der Waals surface area contributed by atoms with Crippen LogP contribution in [0.3, 0.4) is 0 Å². The van der Waals surface area contributed by atoms with Crippen LogP contribution in [0.4, 0.5) is 5.69 Å². The predicted octanol–water partition coefficient (Wildman–Crippen LogP) is 1.90. The highest BCUT2D eigenvalue weighted by Crippen LogP contribution is 2.39. The van der Waals surface area contributed by atoms with Gasteiger partial charge in [-0.2, -0.15) is 0 Å². The molecule has 0 spiro atoms. The number of primary amides is 1. The first kappa shape index (κ1) is 24.0. The normalized spacial score (nSPS) is 10.9. The molecule has 0 saturated carbocycles. The van der Waals surface area contributed by atoms with Gasteiger partial charge in [0.2, 0.25) is 17.5 Å². The Hall–Kier alpha value is -4.61. The number of nitrogens with one attached hydrogen (secondary N) is 1. The van der Waals surface area contributed by atoms with E-state index in [0.29, 0.717) is 16.7 Å². The summed E-state index contributed by atoms with van der Waals surface area (Å²) in [4.78, 5) is 36.1. The molecule has 178 valence electrons. The van der Waals surface area contributed by atoms with E-state index in [1.807, 2.05) is 0 Å². The first-order chi connectivity index (χ1) is 16.3. The predicted molar refractivity (Wildman–Crippen MR) is 121 cm³/mol. The van der Waals surface area contributed by atoms with Gasteiger partial charge in [0.1, 0.15) is 13.1 Å². The molecule has 0 fully saturated rings. The van der Waals surface area contributed by atoms with E-state index in [1.54, 1.807) is 24.3 Å². The van der Waals surface area contributed by atoms with Crippen molar-refractivity contribution in [2.24, 2.45) is 16.0 Å². The molecule has 0 aliphatic carbocycles. The fraction of sp³-hybridized carbons (Fsp3) is 0.227. The van der Waals surface area contributed by atoms with Gasteiger partial charge >= 0.3 is 0 Å². The van der Waals surface area contributed by atoms with Crippen LogP contribution in [0.25, 0.3) is 10.9 Å². The van der Waals surface area contributed by atoms with Crippen LogP contribution >= 0.6 is 0 Å². The van der Waals surface area contributed by atoms with Crippen LogP contribution in [0, 0.1) is 0 Å². The summed E-state index contributed by atoms with van der Waals surface area (Å²) in [5, 5.41) is 20.8. The van der Waals surface area contributed by atoms with Crippen molar-refractivity contribution in [3.05, 3.63) is 42.0 Å². The summed E-state index contributed by atoms with van der Waals surface area (Å²) in [5.74, 6) is -1.50. The molecule has 0 aliphatic rings. The first-order valence-electron chi connectivity index (χ1n) is 9.92. The number of hydrogen-bond acceptors (Lipinski definition) is 8. The number of aromatic nitrogens is 1. The zero-order valence-electron chi connectivity index (χ0n) is 18.7. The second-order valence-corrected chi connectivity index (χ2v) is 6.93. The van der Waals surface area contributed by atoms with Crippen molar-refractivity contribution in [2.75, 3.05) is 27.9 Å². The number of rotatable bonds is 9.